The molecule has 3 rings (SSSR count). The summed E-state index contributed by atoms with van der Waals surface area (Å²) >= 11 is 0. The first kappa shape index (κ1) is 16.7. The number of hydrogen-bond acceptors (Lipinski definition) is 6. The number of esters is 1. The fourth-order valence-corrected chi connectivity index (χ4v) is 4.27. The van der Waals surface area contributed by atoms with Crippen LogP contribution in [-0.2, 0) is 20.9 Å². The van der Waals surface area contributed by atoms with E-state index >= 15 is 0 Å². The molecule has 1 aromatic carbocycles. The lowest BCUT2D eigenvalue weighted by molar-refractivity contribution is -0.384. The molecular weight excluding hydrogens is 312 g/mol. The van der Waals surface area contributed by atoms with Crippen molar-refractivity contribution in [2.75, 3.05) is 32.2 Å². The maximum absolute atomic E-state index is 12.4. The van der Waals surface area contributed by atoms with Crippen LogP contribution in [0.5, 0.6) is 0 Å². The Bertz CT molecular complexity index is 662. The molecule has 2 aliphatic rings. The summed E-state index contributed by atoms with van der Waals surface area (Å²) < 4.78 is 10.3. The first-order valence-corrected chi connectivity index (χ1v) is 8.11. The molecule has 1 aliphatic heterocycles. The molecule has 1 aliphatic carbocycles. The van der Waals surface area contributed by atoms with Crippen molar-refractivity contribution in [1.29, 1.82) is 0 Å². The summed E-state index contributed by atoms with van der Waals surface area (Å²) in [5, 5.41) is 11.0. The average molecular weight is 334 g/mol. The Morgan fingerprint density at radius 1 is 1.46 bits per heavy atom. The van der Waals surface area contributed by atoms with Crippen molar-refractivity contribution in [1.82, 2.24) is 0 Å². The Labute approximate surface area is 140 Å². The van der Waals surface area contributed by atoms with Gasteiger partial charge in [-0.1, -0.05) is 6.42 Å². The van der Waals surface area contributed by atoms with Crippen LogP contribution in [0, 0.1) is 21.4 Å². The van der Waals surface area contributed by atoms with E-state index in [2.05, 4.69) is 4.90 Å². The van der Waals surface area contributed by atoms with Crippen LogP contribution in [0.4, 0.5) is 11.4 Å². The van der Waals surface area contributed by atoms with E-state index in [1.807, 2.05) is 0 Å². The largest absolute Gasteiger partial charge is 0.469 e. The van der Waals surface area contributed by atoms with Crippen LogP contribution in [-0.4, -0.2) is 38.2 Å². The van der Waals surface area contributed by atoms with Gasteiger partial charge < -0.3 is 14.4 Å². The number of benzene rings is 1. The lowest BCUT2D eigenvalue weighted by atomic mass is 9.81. The molecule has 1 aromatic rings. The van der Waals surface area contributed by atoms with E-state index in [4.69, 9.17) is 9.47 Å². The molecule has 130 valence electrons. The van der Waals surface area contributed by atoms with Crippen LogP contribution in [0.3, 0.4) is 0 Å². The molecule has 7 nitrogen and oxygen atoms in total. The van der Waals surface area contributed by atoms with Crippen LogP contribution in [0.2, 0.25) is 0 Å². The van der Waals surface area contributed by atoms with Gasteiger partial charge in [-0.3, -0.25) is 14.9 Å². The quantitative estimate of drug-likeness (QED) is 0.467. The summed E-state index contributed by atoms with van der Waals surface area (Å²) in [5.41, 5.74) is 1.28. The highest BCUT2D eigenvalue weighted by atomic mass is 16.6. The maximum Gasteiger partial charge on any atom is 0.313 e. The Kier molecular flexibility index (Phi) is 4.45. The number of carbonyl (C=O) groups excluding carboxylic acids is 1. The summed E-state index contributed by atoms with van der Waals surface area (Å²) in [4.78, 5) is 25.2. The van der Waals surface area contributed by atoms with E-state index in [1.165, 1.54) is 13.2 Å². The van der Waals surface area contributed by atoms with E-state index in [0.717, 1.165) is 37.1 Å². The number of fused-ring (bicyclic) bond motifs is 1. The first-order valence-electron chi connectivity index (χ1n) is 8.11. The predicted octanol–water partition coefficient (Wildman–Crippen LogP) is 2.52. The van der Waals surface area contributed by atoms with Gasteiger partial charge in [0.2, 0.25) is 0 Å². The summed E-state index contributed by atoms with van der Waals surface area (Å²) in [6, 6.07) is 4.82. The van der Waals surface area contributed by atoms with Crippen molar-refractivity contribution in [3.8, 4) is 0 Å². The molecule has 24 heavy (non-hydrogen) atoms. The van der Waals surface area contributed by atoms with Gasteiger partial charge >= 0.3 is 5.97 Å². The number of ether oxygens (including phenoxy) is 2. The second-order valence-electron chi connectivity index (χ2n) is 6.62. The van der Waals surface area contributed by atoms with Gasteiger partial charge in [-0.05, 0) is 24.8 Å². The Morgan fingerprint density at radius 2 is 2.25 bits per heavy atom. The van der Waals surface area contributed by atoms with Crippen molar-refractivity contribution < 1.29 is 19.2 Å². The number of nitro groups is 1. The standard InChI is InChI=1S/C17H22N2O5/c1-23-10-12-8-14(19(21)22)5-6-15(12)18-9-13-4-3-7-17(13,11-18)16(20)24-2/h5-6,8,13H,3-4,7,9-11H2,1-2H3. The van der Waals surface area contributed by atoms with Crippen LogP contribution in [0.1, 0.15) is 24.8 Å². The van der Waals surface area contributed by atoms with E-state index in [9.17, 15) is 14.9 Å². The average Bonchev–Trinajstić information content (AvgIpc) is 3.12. The zero-order valence-electron chi connectivity index (χ0n) is 14.0. The topological polar surface area (TPSA) is 81.9 Å². The van der Waals surface area contributed by atoms with E-state index < -0.39 is 10.3 Å². The first-order chi connectivity index (χ1) is 11.5. The molecule has 7 heteroatoms. The predicted molar refractivity (Wildman–Crippen MR) is 87.8 cm³/mol. The molecule has 2 fully saturated rings. The molecule has 2 unspecified atom stereocenters. The van der Waals surface area contributed by atoms with Gasteiger partial charge in [0.25, 0.3) is 5.69 Å². The highest BCUT2D eigenvalue weighted by Crippen LogP contribution is 2.50. The van der Waals surface area contributed by atoms with Gasteiger partial charge in [0, 0.05) is 43.6 Å². The van der Waals surface area contributed by atoms with E-state index in [0.29, 0.717) is 13.2 Å². The van der Waals surface area contributed by atoms with Crippen molar-refractivity contribution in [2.24, 2.45) is 11.3 Å². The SMILES string of the molecule is COCc1cc([N+](=O)[O-])ccc1N1CC2CCCC2(C(=O)OC)C1. The monoisotopic (exact) mass is 334 g/mol. The third-order valence-corrected chi connectivity index (χ3v) is 5.38. The molecular formula is C17H22N2O5. The lowest BCUT2D eigenvalue weighted by Crippen LogP contribution is -2.37. The zero-order valence-corrected chi connectivity index (χ0v) is 14.0. The van der Waals surface area contributed by atoms with Gasteiger partial charge in [-0.15, -0.1) is 0 Å². The Morgan fingerprint density at radius 3 is 2.92 bits per heavy atom. The zero-order chi connectivity index (χ0) is 17.3. The molecule has 0 spiro atoms. The number of carbonyl (C=O) groups is 1. The van der Waals surface area contributed by atoms with Crippen LogP contribution >= 0.6 is 0 Å². The third kappa shape index (κ3) is 2.62. The van der Waals surface area contributed by atoms with Crippen molar-refractivity contribution in [3.63, 3.8) is 0 Å². The molecule has 1 saturated heterocycles. The molecule has 1 saturated carbocycles. The van der Waals surface area contributed by atoms with Crippen molar-refractivity contribution in [3.05, 3.63) is 33.9 Å². The summed E-state index contributed by atoms with van der Waals surface area (Å²) in [7, 11) is 3.01. The number of non-ortho nitro benzene ring substituents is 1. The fourth-order valence-electron chi connectivity index (χ4n) is 4.27. The van der Waals surface area contributed by atoms with Crippen LogP contribution in [0.25, 0.3) is 0 Å². The number of methoxy groups -OCH3 is 2. The second kappa shape index (κ2) is 6.39. The van der Waals surface area contributed by atoms with E-state index in [1.54, 1.807) is 19.2 Å². The van der Waals surface area contributed by atoms with E-state index in [-0.39, 0.29) is 17.6 Å². The van der Waals surface area contributed by atoms with Gasteiger partial charge in [0.05, 0.1) is 24.1 Å². The summed E-state index contributed by atoms with van der Waals surface area (Å²) in [5.74, 6) is 0.137. The number of anilines is 1. The maximum atomic E-state index is 12.4. The summed E-state index contributed by atoms with van der Waals surface area (Å²) in [6.07, 6.45) is 2.89. The van der Waals surface area contributed by atoms with Gasteiger partial charge in [0.15, 0.2) is 0 Å². The molecule has 2 atom stereocenters. The Hall–Kier alpha value is -2.15. The number of hydrogen-bond donors (Lipinski definition) is 0. The minimum absolute atomic E-state index is 0.0490. The smallest absolute Gasteiger partial charge is 0.313 e. The van der Waals surface area contributed by atoms with Gasteiger partial charge in [-0.2, -0.15) is 0 Å². The van der Waals surface area contributed by atoms with Gasteiger partial charge in [0.1, 0.15) is 0 Å². The molecule has 0 N–H and O–H groups in total. The molecule has 0 bridgehead atoms. The minimum atomic E-state index is -0.444. The number of nitrogens with zero attached hydrogens (tertiary/aromatic N) is 2. The molecule has 0 radical (unpaired) electrons. The highest BCUT2D eigenvalue weighted by molar-refractivity contribution is 5.80. The third-order valence-electron chi connectivity index (χ3n) is 5.38. The van der Waals surface area contributed by atoms with Gasteiger partial charge in [-0.25, -0.2) is 0 Å². The molecule has 1 heterocycles. The lowest BCUT2D eigenvalue weighted by Gasteiger charge is -2.26. The van der Waals surface area contributed by atoms with Crippen molar-refractivity contribution in [2.45, 2.75) is 25.9 Å². The minimum Gasteiger partial charge on any atom is -0.469 e. The second-order valence-corrected chi connectivity index (χ2v) is 6.62. The molecule has 0 aromatic heterocycles. The van der Waals surface area contributed by atoms with Crippen molar-refractivity contribution >= 4 is 17.3 Å². The molecule has 0 amide bonds. The number of nitro benzene ring substituents is 1. The van der Waals surface area contributed by atoms with Crippen LogP contribution in [0.15, 0.2) is 18.2 Å². The normalized spacial score (nSPS) is 25.6. The Balaban J connectivity index is 1.93. The number of rotatable bonds is 5. The fraction of sp³-hybridized carbons (Fsp3) is 0.588. The summed E-state index contributed by atoms with van der Waals surface area (Å²) in [6.45, 7) is 1.66. The van der Waals surface area contributed by atoms with Crippen LogP contribution < -0.4 is 4.90 Å². The highest BCUT2D eigenvalue weighted by Gasteiger charge is 2.55.